The molecule has 0 radical (unpaired) electrons. The molecule has 6 heteroatoms. The average Bonchev–Trinajstić information content (AvgIpc) is 2.75. The highest BCUT2D eigenvalue weighted by molar-refractivity contribution is 5.55. The van der Waals surface area contributed by atoms with Crippen molar-refractivity contribution in [2.24, 2.45) is 5.92 Å². The Hall–Kier alpha value is -2.11. The number of rotatable bonds is 6. The third-order valence-corrected chi connectivity index (χ3v) is 2.58. The van der Waals surface area contributed by atoms with Gasteiger partial charge in [-0.05, 0) is 19.3 Å². The maximum atomic E-state index is 4.99. The molecule has 0 amide bonds. The standard InChI is InChI=1S/C13H19N5O/c1-9(2)4-5-14-11-7-12(16-8-15-11)17-13-6-10(3)19-18-13/h6-9H,4-5H2,1-3H3,(H2,14,15,16,17,18). The third kappa shape index (κ3) is 4.24. The molecular formula is C13H19N5O. The predicted molar refractivity (Wildman–Crippen MR) is 74.5 cm³/mol. The molecule has 0 aliphatic carbocycles. The molecule has 0 aromatic carbocycles. The molecule has 0 spiro atoms. The van der Waals surface area contributed by atoms with E-state index >= 15 is 0 Å². The van der Waals surface area contributed by atoms with E-state index in [0.29, 0.717) is 17.6 Å². The summed E-state index contributed by atoms with van der Waals surface area (Å²) >= 11 is 0. The predicted octanol–water partition coefficient (Wildman–Crippen LogP) is 2.97. The molecule has 0 saturated carbocycles. The number of anilines is 3. The summed E-state index contributed by atoms with van der Waals surface area (Å²) in [4.78, 5) is 8.32. The van der Waals surface area contributed by atoms with Crippen LogP contribution >= 0.6 is 0 Å². The fourth-order valence-corrected chi connectivity index (χ4v) is 1.57. The van der Waals surface area contributed by atoms with Gasteiger partial charge in [0.1, 0.15) is 23.7 Å². The van der Waals surface area contributed by atoms with Crippen molar-refractivity contribution in [3.63, 3.8) is 0 Å². The van der Waals surface area contributed by atoms with Crippen molar-refractivity contribution in [1.82, 2.24) is 15.1 Å². The van der Waals surface area contributed by atoms with Gasteiger partial charge in [0.25, 0.3) is 0 Å². The summed E-state index contributed by atoms with van der Waals surface area (Å²) in [6, 6.07) is 3.66. The molecule has 102 valence electrons. The van der Waals surface area contributed by atoms with Crippen molar-refractivity contribution < 1.29 is 4.52 Å². The Morgan fingerprint density at radius 1 is 1.16 bits per heavy atom. The van der Waals surface area contributed by atoms with Gasteiger partial charge in [-0.1, -0.05) is 19.0 Å². The van der Waals surface area contributed by atoms with E-state index in [9.17, 15) is 0 Å². The number of hydrogen-bond acceptors (Lipinski definition) is 6. The summed E-state index contributed by atoms with van der Waals surface area (Å²) < 4.78 is 4.99. The Balaban J connectivity index is 1.95. The number of hydrogen-bond donors (Lipinski definition) is 2. The molecule has 0 fully saturated rings. The number of nitrogens with zero attached hydrogens (tertiary/aromatic N) is 3. The molecule has 0 atom stereocenters. The highest BCUT2D eigenvalue weighted by Gasteiger charge is 2.03. The van der Waals surface area contributed by atoms with Crippen LogP contribution in [0.5, 0.6) is 0 Å². The second-order valence-electron chi connectivity index (χ2n) is 4.85. The van der Waals surface area contributed by atoms with Crippen molar-refractivity contribution in [1.29, 1.82) is 0 Å². The van der Waals surface area contributed by atoms with Crippen LogP contribution in [0.2, 0.25) is 0 Å². The van der Waals surface area contributed by atoms with E-state index in [1.807, 2.05) is 19.1 Å². The van der Waals surface area contributed by atoms with Crippen molar-refractivity contribution in [3.8, 4) is 0 Å². The largest absolute Gasteiger partial charge is 0.370 e. The summed E-state index contributed by atoms with van der Waals surface area (Å²) in [5.74, 6) is 3.56. The van der Waals surface area contributed by atoms with E-state index in [1.165, 1.54) is 6.33 Å². The SMILES string of the molecule is Cc1cc(Nc2cc(NCCC(C)C)ncn2)no1. The second kappa shape index (κ2) is 6.17. The molecule has 0 unspecified atom stereocenters. The number of aryl methyl sites for hydroxylation is 1. The first kappa shape index (κ1) is 13.3. The fraction of sp³-hybridized carbons (Fsp3) is 0.462. The van der Waals surface area contributed by atoms with Crippen LogP contribution in [-0.4, -0.2) is 21.7 Å². The molecule has 2 N–H and O–H groups in total. The lowest BCUT2D eigenvalue weighted by Crippen LogP contribution is -2.07. The van der Waals surface area contributed by atoms with E-state index in [-0.39, 0.29) is 0 Å². The van der Waals surface area contributed by atoms with Gasteiger partial charge in [-0.2, -0.15) is 0 Å². The number of aromatic nitrogens is 3. The average molecular weight is 261 g/mol. The normalized spacial score (nSPS) is 10.7. The zero-order valence-electron chi connectivity index (χ0n) is 11.5. The highest BCUT2D eigenvalue weighted by atomic mass is 16.5. The minimum Gasteiger partial charge on any atom is -0.370 e. The topological polar surface area (TPSA) is 75.9 Å². The second-order valence-corrected chi connectivity index (χ2v) is 4.85. The lowest BCUT2D eigenvalue weighted by Gasteiger charge is -2.08. The summed E-state index contributed by atoms with van der Waals surface area (Å²) in [7, 11) is 0. The minimum absolute atomic E-state index is 0.643. The van der Waals surface area contributed by atoms with Gasteiger partial charge in [0, 0.05) is 18.7 Å². The Morgan fingerprint density at radius 3 is 2.63 bits per heavy atom. The molecule has 6 nitrogen and oxygen atoms in total. The molecule has 2 aromatic heterocycles. The van der Waals surface area contributed by atoms with Crippen molar-refractivity contribution in [2.45, 2.75) is 27.2 Å². The van der Waals surface area contributed by atoms with Gasteiger partial charge in [-0.15, -0.1) is 0 Å². The van der Waals surface area contributed by atoms with E-state index in [0.717, 1.165) is 24.5 Å². The smallest absolute Gasteiger partial charge is 0.175 e. The van der Waals surface area contributed by atoms with Gasteiger partial charge in [0.15, 0.2) is 5.82 Å². The van der Waals surface area contributed by atoms with Gasteiger partial charge in [-0.25, -0.2) is 9.97 Å². The Labute approximate surface area is 112 Å². The summed E-state index contributed by atoms with van der Waals surface area (Å²) in [6.45, 7) is 7.14. The molecule has 2 heterocycles. The first-order chi connectivity index (χ1) is 9.13. The number of nitrogens with one attached hydrogen (secondary N) is 2. The molecule has 19 heavy (non-hydrogen) atoms. The Bertz CT molecular complexity index is 523. The van der Waals surface area contributed by atoms with Crippen LogP contribution in [0.25, 0.3) is 0 Å². The van der Waals surface area contributed by atoms with E-state index in [4.69, 9.17) is 4.52 Å². The maximum absolute atomic E-state index is 4.99. The first-order valence-corrected chi connectivity index (χ1v) is 6.40. The Morgan fingerprint density at radius 2 is 1.95 bits per heavy atom. The quantitative estimate of drug-likeness (QED) is 0.832. The van der Waals surface area contributed by atoms with Crippen LogP contribution in [0.1, 0.15) is 26.0 Å². The van der Waals surface area contributed by atoms with E-state index in [1.54, 1.807) is 0 Å². The van der Waals surface area contributed by atoms with Gasteiger partial charge < -0.3 is 15.2 Å². The van der Waals surface area contributed by atoms with Gasteiger partial charge in [-0.3, -0.25) is 0 Å². The van der Waals surface area contributed by atoms with Crippen LogP contribution in [0.15, 0.2) is 23.0 Å². The van der Waals surface area contributed by atoms with Crippen molar-refractivity contribution in [3.05, 3.63) is 24.2 Å². The molecular weight excluding hydrogens is 242 g/mol. The van der Waals surface area contributed by atoms with Crippen LogP contribution in [-0.2, 0) is 0 Å². The van der Waals surface area contributed by atoms with E-state index < -0.39 is 0 Å². The van der Waals surface area contributed by atoms with E-state index in [2.05, 4.69) is 39.6 Å². The van der Waals surface area contributed by atoms with Gasteiger partial charge in [0.2, 0.25) is 0 Å². The molecule has 0 bridgehead atoms. The van der Waals surface area contributed by atoms with Crippen LogP contribution < -0.4 is 10.6 Å². The van der Waals surface area contributed by atoms with Gasteiger partial charge >= 0.3 is 0 Å². The lowest BCUT2D eigenvalue weighted by molar-refractivity contribution is 0.400. The van der Waals surface area contributed by atoms with Crippen molar-refractivity contribution in [2.75, 3.05) is 17.2 Å². The highest BCUT2D eigenvalue weighted by Crippen LogP contribution is 2.16. The Kier molecular flexibility index (Phi) is 4.33. The maximum Gasteiger partial charge on any atom is 0.175 e. The van der Waals surface area contributed by atoms with Crippen molar-refractivity contribution >= 4 is 17.5 Å². The zero-order chi connectivity index (χ0) is 13.7. The zero-order valence-corrected chi connectivity index (χ0v) is 11.5. The molecule has 0 aliphatic heterocycles. The lowest BCUT2D eigenvalue weighted by atomic mass is 10.1. The monoisotopic (exact) mass is 261 g/mol. The first-order valence-electron chi connectivity index (χ1n) is 6.40. The minimum atomic E-state index is 0.643. The summed E-state index contributed by atoms with van der Waals surface area (Å²) in [5.41, 5.74) is 0. The van der Waals surface area contributed by atoms with Crippen LogP contribution in [0.3, 0.4) is 0 Å². The van der Waals surface area contributed by atoms with Crippen LogP contribution in [0.4, 0.5) is 17.5 Å². The molecule has 0 aliphatic rings. The van der Waals surface area contributed by atoms with Crippen LogP contribution in [0, 0.1) is 12.8 Å². The summed E-state index contributed by atoms with van der Waals surface area (Å²) in [6.07, 6.45) is 2.63. The summed E-state index contributed by atoms with van der Waals surface area (Å²) in [5, 5.41) is 10.2. The fourth-order valence-electron chi connectivity index (χ4n) is 1.57. The molecule has 0 saturated heterocycles. The molecule has 2 rings (SSSR count). The third-order valence-electron chi connectivity index (χ3n) is 2.58. The van der Waals surface area contributed by atoms with Gasteiger partial charge in [0.05, 0.1) is 0 Å². The molecule has 2 aromatic rings.